The topological polar surface area (TPSA) is 67.6 Å². The number of hydrogen-bond donors (Lipinski definition) is 2. The number of nitrogens with two attached hydrogens (primary N) is 1. The highest BCUT2D eigenvalue weighted by Gasteiger charge is 2.35. The van der Waals surface area contributed by atoms with Crippen LogP contribution in [-0.2, 0) is 9.53 Å². The van der Waals surface area contributed by atoms with Crippen molar-refractivity contribution in [2.24, 2.45) is 17.1 Å². The van der Waals surface area contributed by atoms with E-state index in [4.69, 9.17) is 10.5 Å². The van der Waals surface area contributed by atoms with Gasteiger partial charge in [0.1, 0.15) is 0 Å². The fourth-order valence-corrected chi connectivity index (χ4v) is 3.95. The summed E-state index contributed by atoms with van der Waals surface area (Å²) in [4.78, 5) is 14.8. The predicted octanol–water partition coefficient (Wildman–Crippen LogP) is 1.76. The summed E-state index contributed by atoms with van der Waals surface area (Å²) in [5.74, 6) is 0.471. The second-order valence-electron chi connectivity index (χ2n) is 7.90. The summed E-state index contributed by atoms with van der Waals surface area (Å²) in [5.41, 5.74) is 6.25. The Bertz CT molecular complexity index is 361. The Kier molecular flexibility index (Phi) is 7.31. The van der Waals surface area contributed by atoms with Crippen LogP contribution in [-0.4, -0.2) is 56.2 Å². The molecule has 0 unspecified atom stereocenters. The average Bonchev–Trinajstić information content (AvgIpc) is 2.54. The number of carbonyl (C=O) groups is 1. The van der Waals surface area contributed by atoms with Crippen LogP contribution in [0.5, 0.6) is 0 Å². The molecule has 0 aromatic rings. The molecule has 1 amide bonds. The third-order valence-corrected chi connectivity index (χ3v) is 5.28. The first-order chi connectivity index (χ1) is 11.0. The van der Waals surface area contributed by atoms with E-state index >= 15 is 0 Å². The van der Waals surface area contributed by atoms with Crippen molar-refractivity contribution in [2.75, 3.05) is 39.4 Å². The van der Waals surface area contributed by atoms with Gasteiger partial charge in [-0.15, -0.1) is 0 Å². The molecule has 0 aromatic carbocycles. The highest BCUT2D eigenvalue weighted by molar-refractivity contribution is 5.81. The lowest BCUT2D eigenvalue weighted by atomic mass is 9.73. The molecule has 1 atom stereocenters. The lowest BCUT2D eigenvalue weighted by Gasteiger charge is -2.42. The molecule has 2 fully saturated rings. The van der Waals surface area contributed by atoms with E-state index in [0.717, 1.165) is 45.8 Å². The first kappa shape index (κ1) is 18.7. The third-order valence-electron chi connectivity index (χ3n) is 5.28. The van der Waals surface area contributed by atoms with Crippen molar-refractivity contribution in [3.63, 3.8) is 0 Å². The van der Waals surface area contributed by atoms with E-state index in [-0.39, 0.29) is 17.4 Å². The number of rotatable bonds is 7. The molecule has 0 spiro atoms. The second kappa shape index (κ2) is 9.00. The van der Waals surface area contributed by atoms with Crippen molar-refractivity contribution in [3.8, 4) is 0 Å². The van der Waals surface area contributed by atoms with Gasteiger partial charge in [0.05, 0.1) is 19.3 Å². The Balaban J connectivity index is 1.88. The van der Waals surface area contributed by atoms with Gasteiger partial charge in [-0.05, 0) is 25.2 Å². The van der Waals surface area contributed by atoms with E-state index in [1.807, 2.05) is 0 Å². The molecule has 0 bridgehead atoms. The maximum absolute atomic E-state index is 12.3. The number of ether oxygens (including phenoxy) is 1. The minimum Gasteiger partial charge on any atom is -0.379 e. The predicted molar refractivity (Wildman–Crippen MR) is 93.2 cm³/mol. The zero-order valence-corrected chi connectivity index (χ0v) is 15.0. The molecule has 0 aromatic heterocycles. The molecule has 1 heterocycles. The Morgan fingerprint density at radius 1 is 1.22 bits per heavy atom. The van der Waals surface area contributed by atoms with Gasteiger partial charge in [-0.1, -0.05) is 33.1 Å². The van der Waals surface area contributed by atoms with Crippen LogP contribution in [0.25, 0.3) is 0 Å². The van der Waals surface area contributed by atoms with Crippen molar-refractivity contribution < 1.29 is 9.53 Å². The molecule has 23 heavy (non-hydrogen) atoms. The SMILES string of the molecule is CC(C)C[C@H](N)C(=O)NCC1(CN2CCOCC2)CCCCC1. The quantitative estimate of drug-likeness (QED) is 0.748. The first-order valence-corrected chi connectivity index (χ1v) is 9.34. The van der Waals surface area contributed by atoms with Crippen LogP contribution >= 0.6 is 0 Å². The Morgan fingerprint density at radius 3 is 2.48 bits per heavy atom. The highest BCUT2D eigenvalue weighted by Crippen LogP contribution is 2.36. The van der Waals surface area contributed by atoms with E-state index < -0.39 is 0 Å². The van der Waals surface area contributed by atoms with Crippen LogP contribution < -0.4 is 11.1 Å². The lowest BCUT2D eigenvalue weighted by Crippen LogP contribution is -2.51. The Hall–Kier alpha value is -0.650. The molecule has 5 heteroatoms. The maximum Gasteiger partial charge on any atom is 0.236 e. The number of morpholine rings is 1. The van der Waals surface area contributed by atoms with E-state index in [2.05, 4.69) is 24.1 Å². The first-order valence-electron chi connectivity index (χ1n) is 9.34. The molecule has 1 saturated heterocycles. The van der Waals surface area contributed by atoms with E-state index in [9.17, 15) is 4.79 Å². The fraction of sp³-hybridized carbons (Fsp3) is 0.944. The van der Waals surface area contributed by atoms with Crippen LogP contribution in [0.15, 0.2) is 0 Å². The summed E-state index contributed by atoms with van der Waals surface area (Å²) < 4.78 is 5.46. The standard InChI is InChI=1S/C18H35N3O2/c1-15(2)12-16(19)17(22)20-13-18(6-4-3-5-7-18)14-21-8-10-23-11-9-21/h15-16H,3-14,19H2,1-2H3,(H,20,22)/t16-/m0/s1. The van der Waals surface area contributed by atoms with E-state index in [1.165, 1.54) is 32.1 Å². The van der Waals surface area contributed by atoms with Gasteiger partial charge in [0.25, 0.3) is 0 Å². The zero-order valence-electron chi connectivity index (χ0n) is 15.0. The maximum atomic E-state index is 12.3. The minimum absolute atomic E-state index is 0.0191. The van der Waals surface area contributed by atoms with Crippen LogP contribution in [0.1, 0.15) is 52.4 Å². The molecule has 0 radical (unpaired) electrons. The molecule has 1 aliphatic carbocycles. The zero-order chi connectivity index (χ0) is 16.7. The fourth-order valence-electron chi connectivity index (χ4n) is 3.95. The number of carbonyl (C=O) groups excluding carboxylic acids is 1. The summed E-state index contributed by atoms with van der Waals surface area (Å²) in [6.07, 6.45) is 7.05. The smallest absolute Gasteiger partial charge is 0.236 e. The van der Waals surface area contributed by atoms with Crippen molar-refractivity contribution in [1.29, 1.82) is 0 Å². The number of nitrogens with zero attached hydrogens (tertiary/aromatic N) is 1. The summed E-state index contributed by atoms with van der Waals surface area (Å²) in [5, 5.41) is 3.17. The van der Waals surface area contributed by atoms with Gasteiger partial charge in [-0.3, -0.25) is 9.69 Å². The van der Waals surface area contributed by atoms with Crippen molar-refractivity contribution in [1.82, 2.24) is 10.2 Å². The summed E-state index contributed by atoms with van der Waals surface area (Å²) in [6, 6.07) is -0.376. The van der Waals surface area contributed by atoms with E-state index in [1.54, 1.807) is 0 Å². The van der Waals surface area contributed by atoms with Crippen molar-refractivity contribution in [3.05, 3.63) is 0 Å². The van der Waals surface area contributed by atoms with Gasteiger partial charge in [-0.25, -0.2) is 0 Å². The van der Waals surface area contributed by atoms with Gasteiger partial charge < -0.3 is 15.8 Å². The second-order valence-corrected chi connectivity index (χ2v) is 7.90. The number of amides is 1. The number of hydrogen-bond acceptors (Lipinski definition) is 4. The van der Waals surface area contributed by atoms with Gasteiger partial charge >= 0.3 is 0 Å². The summed E-state index contributed by atoms with van der Waals surface area (Å²) >= 11 is 0. The molecular formula is C18H35N3O2. The van der Waals surface area contributed by atoms with Crippen LogP contribution in [0, 0.1) is 11.3 Å². The molecule has 2 aliphatic rings. The molecular weight excluding hydrogens is 290 g/mol. The molecule has 1 saturated carbocycles. The van der Waals surface area contributed by atoms with Crippen LogP contribution in [0.2, 0.25) is 0 Å². The minimum atomic E-state index is -0.376. The molecule has 3 N–H and O–H groups in total. The van der Waals surface area contributed by atoms with Crippen molar-refractivity contribution in [2.45, 2.75) is 58.4 Å². The summed E-state index contributed by atoms with van der Waals surface area (Å²) in [6.45, 7) is 9.77. The van der Waals surface area contributed by atoms with Gasteiger partial charge in [-0.2, -0.15) is 0 Å². The highest BCUT2D eigenvalue weighted by atomic mass is 16.5. The lowest BCUT2D eigenvalue weighted by molar-refractivity contribution is -0.123. The number of nitrogens with one attached hydrogen (secondary N) is 1. The van der Waals surface area contributed by atoms with E-state index in [0.29, 0.717) is 5.92 Å². The Morgan fingerprint density at radius 2 is 1.87 bits per heavy atom. The van der Waals surface area contributed by atoms with Gasteiger partial charge in [0.2, 0.25) is 5.91 Å². The monoisotopic (exact) mass is 325 g/mol. The van der Waals surface area contributed by atoms with Crippen molar-refractivity contribution >= 4 is 5.91 Å². The average molecular weight is 325 g/mol. The largest absolute Gasteiger partial charge is 0.379 e. The molecule has 5 nitrogen and oxygen atoms in total. The van der Waals surface area contributed by atoms with Crippen LogP contribution in [0.3, 0.4) is 0 Å². The van der Waals surface area contributed by atoms with Gasteiger partial charge in [0.15, 0.2) is 0 Å². The normalized spacial score (nSPS) is 23.7. The Labute approximate surface area is 141 Å². The molecule has 1 aliphatic heterocycles. The third kappa shape index (κ3) is 6.05. The molecule has 2 rings (SSSR count). The molecule has 134 valence electrons. The van der Waals surface area contributed by atoms with Crippen LogP contribution in [0.4, 0.5) is 0 Å². The summed E-state index contributed by atoms with van der Waals surface area (Å²) in [7, 11) is 0. The van der Waals surface area contributed by atoms with Gasteiger partial charge in [0, 0.05) is 31.6 Å².